The average Bonchev–Trinajstić information content (AvgIpc) is 3.67. The highest BCUT2D eigenvalue weighted by Gasteiger charge is 2.52. The van der Waals surface area contributed by atoms with E-state index in [4.69, 9.17) is 4.74 Å². The molecule has 1 spiro atoms. The molecule has 0 saturated carbocycles. The Kier molecular flexibility index (Phi) is 8.60. The van der Waals surface area contributed by atoms with E-state index in [1.807, 2.05) is 0 Å². The monoisotopic (exact) mass is 829 g/mol. The Morgan fingerprint density at radius 2 is 0.985 bits per heavy atom. The maximum absolute atomic E-state index is 7.25. The Bertz CT molecular complexity index is 3510. The molecule has 1 atom stereocenters. The lowest BCUT2D eigenvalue weighted by molar-refractivity contribution is 0.439. The van der Waals surface area contributed by atoms with E-state index in [2.05, 4.69) is 242 Å². The molecule has 10 aromatic rings. The first-order valence-electron chi connectivity index (χ1n) is 22.7. The summed E-state index contributed by atoms with van der Waals surface area (Å²) in [7, 11) is 0. The van der Waals surface area contributed by atoms with Crippen molar-refractivity contribution in [3.05, 3.63) is 264 Å². The number of rotatable bonds is 6. The Morgan fingerprint density at radius 3 is 1.83 bits per heavy atom. The molecule has 0 radical (unpaired) electrons. The molecule has 3 aliphatic rings. The molecule has 13 rings (SSSR count). The summed E-state index contributed by atoms with van der Waals surface area (Å²) < 4.78 is 7.25. The van der Waals surface area contributed by atoms with E-state index in [0.717, 1.165) is 52.4 Å². The number of allylic oxidation sites excluding steroid dienone is 1. The third-order valence-corrected chi connectivity index (χ3v) is 14.0. The highest BCUT2D eigenvalue weighted by atomic mass is 16.5. The van der Waals surface area contributed by atoms with Gasteiger partial charge >= 0.3 is 0 Å². The first kappa shape index (κ1) is 37.4. The zero-order valence-electron chi connectivity index (χ0n) is 35.8. The van der Waals surface area contributed by atoms with Crippen LogP contribution in [0.15, 0.2) is 231 Å². The van der Waals surface area contributed by atoms with Gasteiger partial charge in [-0.3, -0.25) is 0 Å². The molecule has 0 amide bonds. The van der Waals surface area contributed by atoms with Gasteiger partial charge in [0.2, 0.25) is 0 Å². The molecule has 10 aromatic carbocycles. The number of ether oxygens (including phenoxy) is 1. The van der Waals surface area contributed by atoms with Crippen molar-refractivity contribution in [2.45, 2.75) is 18.3 Å². The maximum atomic E-state index is 7.25. The van der Waals surface area contributed by atoms with E-state index >= 15 is 0 Å². The lowest BCUT2D eigenvalue weighted by atomic mass is 9.64. The molecule has 2 aliphatic carbocycles. The smallest absolute Gasteiger partial charge is 0.140 e. The average molecular weight is 830 g/mol. The van der Waals surface area contributed by atoms with Crippen LogP contribution in [0.3, 0.4) is 0 Å². The minimum atomic E-state index is -0.592. The largest absolute Gasteiger partial charge is 0.455 e. The number of hydrogen-bond acceptors (Lipinski definition) is 2. The molecule has 0 aromatic heterocycles. The summed E-state index contributed by atoms with van der Waals surface area (Å²) in [5.74, 6) is 1.93. The molecular formula is C63H43NO. The van der Waals surface area contributed by atoms with Gasteiger partial charge in [-0.25, -0.2) is 0 Å². The number of fused-ring (bicyclic) bond motifs is 13. The van der Waals surface area contributed by atoms with Crippen molar-refractivity contribution < 1.29 is 4.74 Å². The fraction of sp³-hybridized carbons (Fsp3) is 0.0476. The summed E-state index contributed by atoms with van der Waals surface area (Å²) in [6.45, 7) is 0. The molecule has 306 valence electrons. The number of hydrogen-bond donors (Lipinski definition) is 0. The van der Waals surface area contributed by atoms with Gasteiger partial charge in [-0.2, -0.15) is 0 Å². The Hall–Kier alpha value is -8.20. The molecule has 1 aliphatic heterocycles. The van der Waals surface area contributed by atoms with Crippen LogP contribution in [0, 0.1) is 0 Å². The summed E-state index contributed by atoms with van der Waals surface area (Å²) in [6.07, 6.45) is 6.65. The first-order chi connectivity index (χ1) is 32.2. The van der Waals surface area contributed by atoms with E-state index in [0.29, 0.717) is 0 Å². The van der Waals surface area contributed by atoms with Gasteiger partial charge in [-0.05, 0) is 128 Å². The highest BCUT2D eigenvalue weighted by Crippen LogP contribution is 2.64. The third-order valence-electron chi connectivity index (χ3n) is 14.0. The number of para-hydroxylation sites is 1. The minimum absolute atomic E-state index is 0.592. The van der Waals surface area contributed by atoms with Crippen LogP contribution in [0.2, 0.25) is 0 Å². The van der Waals surface area contributed by atoms with Crippen molar-refractivity contribution in [3.63, 3.8) is 0 Å². The summed E-state index contributed by atoms with van der Waals surface area (Å²) >= 11 is 0. The predicted molar refractivity (Wildman–Crippen MR) is 270 cm³/mol. The zero-order chi connectivity index (χ0) is 42.9. The lowest BCUT2D eigenvalue weighted by Crippen LogP contribution is -2.32. The highest BCUT2D eigenvalue weighted by molar-refractivity contribution is 5.97. The fourth-order valence-corrected chi connectivity index (χ4v) is 11.0. The Labute approximate surface area is 380 Å². The fourth-order valence-electron chi connectivity index (χ4n) is 11.0. The van der Waals surface area contributed by atoms with Crippen LogP contribution in [0.4, 0.5) is 17.1 Å². The van der Waals surface area contributed by atoms with Crippen LogP contribution in [0.1, 0.15) is 39.8 Å². The van der Waals surface area contributed by atoms with Crippen LogP contribution in [0.5, 0.6) is 11.5 Å². The second-order valence-electron chi connectivity index (χ2n) is 17.5. The van der Waals surface area contributed by atoms with Gasteiger partial charge in [0.25, 0.3) is 0 Å². The second kappa shape index (κ2) is 15.0. The number of nitrogens with zero attached hydrogens (tertiary/aromatic N) is 1. The minimum Gasteiger partial charge on any atom is -0.455 e. The Balaban J connectivity index is 0.960. The molecule has 1 unspecified atom stereocenters. The molecular weight excluding hydrogens is 787 g/mol. The second-order valence-corrected chi connectivity index (χ2v) is 17.5. The van der Waals surface area contributed by atoms with Gasteiger partial charge in [0.05, 0.1) is 5.41 Å². The molecule has 0 fully saturated rings. The maximum Gasteiger partial charge on any atom is 0.140 e. The van der Waals surface area contributed by atoms with Crippen LogP contribution >= 0.6 is 0 Å². The topological polar surface area (TPSA) is 12.5 Å². The molecule has 2 nitrogen and oxygen atoms in total. The van der Waals surface area contributed by atoms with Gasteiger partial charge in [-0.1, -0.05) is 188 Å². The van der Waals surface area contributed by atoms with Gasteiger partial charge in [0.15, 0.2) is 0 Å². The Morgan fingerprint density at radius 1 is 0.385 bits per heavy atom. The van der Waals surface area contributed by atoms with Gasteiger partial charge < -0.3 is 9.64 Å². The van der Waals surface area contributed by atoms with Gasteiger partial charge in [0.1, 0.15) is 11.5 Å². The molecule has 2 heteroatoms. The van der Waals surface area contributed by atoms with E-state index in [9.17, 15) is 0 Å². The van der Waals surface area contributed by atoms with Gasteiger partial charge in [-0.15, -0.1) is 0 Å². The summed E-state index contributed by atoms with van der Waals surface area (Å²) in [5, 5.41) is 2.31. The number of anilines is 3. The SMILES string of the molecule is C1=Cc2c(ccc3c2Oc2c(ccc4ccccc24)C32c3ccccc3-c3ccc(-c4cccc(N(c5ccccc5)c5ccc(-c6cccc(-c7ccccc7)c6)cc5)c4)cc32)CC1. The van der Waals surface area contributed by atoms with Crippen LogP contribution in [-0.4, -0.2) is 0 Å². The number of benzene rings is 10. The summed E-state index contributed by atoms with van der Waals surface area (Å²) in [5.41, 5.74) is 19.9. The quantitative estimate of drug-likeness (QED) is 0.166. The van der Waals surface area contributed by atoms with E-state index in [1.165, 1.54) is 77.7 Å². The van der Waals surface area contributed by atoms with Crippen molar-refractivity contribution >= 4 is 33.9 Å². The molecule has 0 bridgehead atoms. The van der Waals surface area contributed by atoms with Gasteiger partial charge in [0, 0.05) is 39.1 Å². The predicted octanol–water partition coefficient (Wildman–Crippen LogP) is 16.7. The molecule has 0 N–H and O–H groups in total. The molecule has 65 heavy (non-hydrogen) atoms. The number of aryl methyl sites for hydroxylation is 1. The molecule has 0 saturated heterocycles. The van der Waals surface area contributed by atoms with Crippen LogP contribution in [0.25, 0.3) is 61.4 Å². The lowest BCUT2D eigenvalue weighted by Gasteiger charge is -2.41. The van der Waals surface area contributed by atoms with Crippen molar-refractivity contribution in [3.8, 4) is 56.0 Å². The van der Waals surface area contributed by atoms with Crippen molar-refractivity contribution in [2.75, 3.05) is 4.90 Å². The van der Waals surface area contributed by atoms with E-state index in [-0.39, 0.29) is 0 Å². The van der Waals surface area contributed by atoms with Crippen molar-refractivity contribution in [2.24, 2.45) is 0 Å². The summed E-state index contributed by atoms with van der Waals surface area (Å²) in [4.78, 5) is 2.37. The van der Waals surface area contributed by atoms with E-state index in [1.54, 1.807) is 0 Å². The zero-order valence-corrected chi connectivity index (χ0v) is 35.8. The van der Waals surface area contributed by atoms with Crippen LogP contribution < -0.4 is 9.64 Å². The normalized spacial score (nSPS) is 15.1. The first-order valence-corrected chi connectivity index (χ1v) is 22.7. The van der Waals surface area contributed by atoms with Crippen molar-refractivity contribution in [1.82, 2.24) is 0 Å². The molecule has 1 heterocycles. The summed E-state index contributed by atoms with van der Waals surface area (Å²) in [6, 6.07) is 82.3. The third kappa shape index (κ3) is 5.88. The van der Waals surface area contributed by atoms with E-state index < -0.39 is 5.41 Å². The standard InChI is InChI=1S/C63H43NO/c1-3-15-42(16-4-1)46-19-13-20-47(39-46)43-29-34-51(35-30-43)64(50-22-5-2-6-23-50)52-24-14-21-48(40-52)49-31-36-56-55-27-11-12-28-57(55)63(60(56)41-49)58-37-32-44-17-7-9-25-53(44)61(58)65-62-54-26-10-8-18-45(54)33-38-59(62)63/h1-7,9-17,19-41H,8,18H2. The van der Waals surface area contributed by atoms with Crippen molar-refractivity contribution in [1.29, 1.82) is 0 Å². The van der Waals surface area contributed by atoms with Crippen LogP contribution in [-0.2, 0) is 11.8 Å².